The van der Waals surface area contributed by atoms with Gasteiger partial charge >= 0.3 is 0 Å². The van der Waals surface area contributed by atoms with E-state index in [-0.39, 0.29) is 6.10 Å². The van der Waals surface area contributed by atoms with Gasteiger partial charge in [0.25, 0.3) is 0 Å². The van der Waals surface area contributed by atoms with E-state index < -0.39 is 0 Å². The van der Waals surface area contributed by atoms with Crippen molar-refractivity contribution in [1.82, 2.24) is 0 Å². The maximum absolute atomic E-state index is 10.5. The van der Waals surface area contributed by atoms with Crippen molar-refractivity contribution in [3.63, 3.8) is 0 Å². The Balaban J connectivity index is 1.82. The molecule has 1 heterocycles. The third-order valence-corrected chi connectivity index (χ3v) is 6.04. The van der Waals surface area contributed by atoms with Gasteiger partial charge in [0.15, 0.2) is 0 Å². The lowest BCUT2D eigenvalue weighted by atomic mass is 9.81. The minimum Gasteiger partial charge on any atom is -0.387 e. The number of aliphatic hydroxyl groups is 1. The molecule has 1 aromatic heterocycles. The van der Waals surface area contributed by atoms with E-state index >= 15 is 0 Å². The van der Waals surface area contributed by atoms with Gasteiger partial charge in [-0.3, -0.25) is 0 Å². The summed E-state index contributed by atoms with van der Waals surface area (Å²) in [6.07, 6.45) is 2.89. The molecule has 1 N–H and O–H groups in total. The topological polar surface area (TPSA) is 20.2 Å². The number of aryl methyl sites for hydroxylation is 1. The van der Waals surface area contributed by atoms with E-state index in [0.29, 0.717) is 5.92 Å². The fraction of sp³-hybridized carbons (Fsp3) is 0.333. The second-order valence-corrected chi connectivity index (χ2v) is 6.96. The van der Waals surface area contributed by atoms with Gasteiger partial charge in [0.2, 0.25) is 0 Å². The molecule has 1 aromatic carbocycles. The summed E-state index contributed by atoms with van der Waals surface area (Å²) in [6.45, 7) is 0. The lowest BCUT2D eigenvalue weighted by molar-refractivity contribution is 0.102. The molecule has 0 saturated heterocycles. The van der Waals surface area contributed by atoms with Gasteiger partial charge in [-0.25, -0.2) is 0 Å². The molecule has 0 aliphatic heterocycles. The Labute approximate surface area is 125 Å². The number of hydrogen-bond acceptors (Lipinski definition) is 2. The standard InChI is InChI=1S/C15H15IOS/c16-13-7-8-18-15(13)14(17)12-6-5-10-3-1-2-4-11(10)9-12/h1-4,7-8,12,14,17H,5-6,9H2. The monoisotopic (exact) mass is 370 g/mol. The highest BCUT2D eigenvalue weighted by Gasteiger charge is 2.27. The molecular formula is C15H15IOS. The second kappa shape index (κ2) is 5.31. The van der Waals surface area contributed by atoms with Crippen molar-refractivity contribution in [2.24, 2.45) is 5.92 Å². The first-order valence-electron chi connectivity index (χ1n) is 6.23. The zero-order valence-corrected chi connectivity index (χ0v) is 12.9. The third-order valence-electron chi connectivity index (χ3n) is 3.74. The minimum absolute atomic E-state index is 0.301. The summed E-state index contributed by atoms with van der Waals surface area (Å²) in [5, 5.41) is 12.6. The van der Waals surface area contributed by atoms with Gasteiger partial charge in [0, 0.05) is 8.45 Å². The largest absolute Gasteiger partial charge is 0.387 e. The van der Waals surface area contributed by atoms with E-state index in [9.17, 15) is 5.11 Å². The lowest BCUT2D eigenvalue weighted by Gasteiger charge is -2.28. The molecule has 2 unspecified atom stereocenters. The lowest BCUT2D eigenvalue weighted by Crippen LogP contribution is -2.21. The molecule has 1 aliphatic carbocycles. The first-order chi connectivity index (χ1) is 8.75. The fourth-order valence-corrected chi connectivity index (χ4v) is 4.71. The molecule has 0 saturated carbocycles. The van der Waals surface area contributed by atoms with Crippen molar-refractivity contribution < 1.29 is 5.11 Å². The van der Waals surface area contributed by atoms with Gasteiger partial charge < -0.3 is 5.11 Å². The van der Waals surface area contributed by atoms with E-state index in [0.717, 1.165) is 24.1 Å². The Kier molecular flexibility index (Phi) is 3.73. The maximum atomic E-state index is 10.5. The smallest absolute Gasteiger partial charge is 0.0923 e. The Morgan fingerprint density at radius 2 is 2.00 bits per heavy atom. The molecule has 1 aliphatic rings. The highest BCUT2D eigenvalue weighted by molar-refractivity contribution is 14.1. The highest BCUT2D eigenvalue weighted by atomic mass is 127. The van der Waals surface area contributed by atoms with Crippen LogP contribution < -0.4 is 0 Å². The number of fused-ring (bicyclic) bond motifs is 1. The van der Waals surface area contributed by atoms with Crippen LogP contribution in [0.4, 0.5) is 0 Å². The average Bonchev–Trinajstić information content (AvgIpc) is 2.83. The van der Waals surface area contributed by atoms with Gasteiger partial charge in [0.05, 0.1) is 6.10 Å². The minimum atomic E-state index is -0.301. The van der Waals surface area contributed by atoms with Crippen molar-refractivity contribution in [3.8, 4) is 0 Å². The van der Waals surface area contributed by atoms with Crippen molar-refractivity contribution in [2.45, 2.75) is 25.4 Å². The van der Waals surface area contributed by atoms with Crippen molar-refractivity contribution in [2.75, 3.05) is 0 Å². The van der Waals surface area contributed by atoms with E-state index in [1.54, 1.807) is 11.3 Å². The number of hydrogen-bond donors (Lipinski definition) is 1. The number of halogens is 1. The van der Waals surface area contributed by atoms with Gasteiger partial charge in [-0.05, 0) is 70.3 Å². The first-order valence-corrected chi connectivity index (χ1v) is 8.19. The molecule has 2 atom stereocenters. The predicted molar refractivity (Wildman–Crippen MR) is 84.0 cm³/mol. The first kappa shape index (κ1) is 12.6. The van der Waals surface area contributed by atoms with E-state index in [1.165, 1.54) is 14.7 Å². The Bertz CT molecular complexity index is 549. The highest BCUT2D eigenvalue weighted by Crippen LogP contribution is 2.37. The van der Waals surface area contributed by atoms with Crippen molar-refractivity contribution in [3.05, 3.63) is 55.3 Å². The predicted octanol–water partition coefficient (Wildman–Crippen LogP) is 4.19. The van der Waals surface area contributed by atoms with E-state index in [2.05, 4.69) is 58.3 Å². The molecular weight excluding hydrogens is 355 g/mol. The van der Waals surface area contributed by atoms with Crippen LogP contribution in [-0.4, -0.2) is 5.11 Å². The number of rotatable bonds is 2. The van der Waals surface area contributed by atoms with Gasteiger partial charge in [-0.2, -0.15) is 0 Å². The Hall–Kier alpha value is -0.390. The molecule has 3 rings (SSSR count). The third kappa shape index (κ3) is 2.36. The zero-order valence-electron chi connectivity index (χ0n) is 9.97. The van der Waals surface area contributed by atoms with Crippen LogP contribution in [0.25, 0.3) is 0 Å². The summed E-state index contributed by atoms with van der Waals surface area (Å²) in [7, 11) is 0. The fourth-order valence-electron chi connectivity index (χ4n) is 2.73. The quantitative estimate of drug-likeness (QED) is 0.786. The summed E-state index contributed by atoms with van der Waals surface area (Å²) in [6, 6.07) is 10.7. The molecule has 0 bridgehead atoms. The molecule has 18 heavy (non-hydrogen) atoms. The Morgan fingerprint density at radius 3 is 2.72 bits per heavy atom. The number of aliphatic hydroxyl groups excluding tert-OH is 1. The normalized spacial score (nSPS) is 20.4. The van der Waals surface area contributed by atoms with Crippen LogP contribution in [0.3, 0.4) is 0 Å². The van der Waals surface area contributed by atoms with Gasteiger partial charge in [0.1, 0.15) is 0 Å². The van der Waals surface area contributed by atoms with Crippen molar-refractivity contribution in [1.29, 1.82) is 0 Å². The van der Waals surface area contributed by atoms with Gasteiger partial charge in [-0.1, -0.05) is 24.3 Å². The van der Waals surface area contributed by atoms with E-state index in [1.807, 2.05) is 0 Å². The molecule has 94 valence electrons. The van der Waals surface area contributed by atoms with Crippen LogP contribution in [0, 0.1) is 9.49 Å². The molecule has 0 amide bonds. The summed E-state index contributed by atoms with van der Waals surface area (Å²) < 4.78 is 1.20. The molecule has 2 aromatic rings. The summed E-state index contributed by atoms with van der Waals surface area (Å²) in [5.74, 6) is 0.368. The van der Waals surface area contributed by atoms with Crippen LogP contribution in [0.15, 0.2) is 35.7 Å². The van der Waals surface area contributed by atoms with E-state index in [4.69, 9.17) is 0 Å². The molecule has 3 heteroatoms. The average molecular weight is 370 g/mol. The summed E-state index contributed by atoms with van der Waals surface area (Å²) >= 11 is 3.99. The van der Waals surface area contributed by atoms with Crippen LogP contribution in [0.5, 0.6) is 0 Å². The molecule has 1 nitrogen and oxygen atoms in total. The molecule has 0 radical (unpaired) electrons. The second-order valence-electron chi connectivity index (χ2n) is 4.85. The molecule has 0 fully saturated rings. The number of benzene rings is 1. The number of thiophene rings is 1. The van der Waals surface area contributed by atoms with Crippen LogP contribution in [0.1, 0.15) is 28.5 Å². The van der Waals surface area contributed by atoms with Crippen molar-refractivity contribution >= 4 is 33.9 Å². The maximum Gasteiger partial charge on any atom is 0.0923 e. The van der Waals surface area contributed by atoms with Crippen LogP contribution in [0.2, 0.25) is 0 Å². The summed E-state index contributed by atoms with van der Waals surface area (Å²) in [4.78, 5) is 1.14. The zero-order chi connectivity index (χ0) is 12.5. The van der Waals surface area contributed by atoms with Crippen LogP contribution in [-0.2, 0) is 12.8 Å². The van der Waals surface area contributed by atoms with Gasteiger partial charge in [-0.15, -0.1) is 11.3 Å². The summed E-state index contributed by atoms with van der Waals surface area (Å²) in [5.41, 5.74) is 2.88. The van der Waals surface area contributed by atoms with Crippen LogP contribution >= 0.6 is 33.9 Å². The SMILES string of the molecule is OC(c1sccc1I)C1CCc2ccccc2C1. The molecule has 0 spiro atoms. The Morgan fingerprint density at radius 1 is 1.22 bits per heavy atom.